The van der Waals surface area contributed by atoms with Crippen LogP contribution >= 0.6 is 0 Å². The Morgan fingerprint density at radius 1 is 0.974 bits per heavy atom. The fraction of sp³-hybridized carbons (Fsp3) is 0.467. The van der Waals surface area contributed by atoms with Gasteiger partial charge in [-0.3, -0.25) is 19.3 Å². The number of ether oxygens (including phenoxy) is 1. The van der Waals surface area contributed by atoms with E-state index in [0.717, 1.165) is 16.7 Å². The number of nitrogens with zero attached hydrogens (tertiary/aromatic N) is 2. The van der Waals surface area contributed by atoms with Crippen LogP contribution in [0.15, 0.2) is 48.5 Å². The molecule has 208 valence electrons. The molecule has 2 aromatic carbocycles. The summed E-state index contributed by atoms with van der Waals surface area (Å²) in [5, 5.41) is 12.4. The van der Waals surface area contributed by atoms with Crippen LogP contribution in [-0.2, 0) is 38.5 Å². The van der Waals surface area contributed by atoms with E-state index in [4.69, 9.17) is 4.74 Å². The Morgan fingerprint density at radius 3 is 2.21 bits per heavy atom. The van der Waals surface area contributed by atoms with Crippen molar-refractivity contribution in [1.29, 1.82) is 0 Å². The molecule has 0 bridgehead atoms. The van der Waals surface area contributed by atoms with Crippen LogP contribution in [0.3, 0.4) is 0 Å². The molecule has 0 saturated carbocycles. The number of carbonyl (C=O) groups excluding carboxylic acids is 3. The number of anilines is 1. The molecule has 9 nitrogen and oxygen atoms in total. The van der Waals surface area contributed by atoms with E-state index in [0.29, 0.717) is 18.5 Å². The fourth-order valence-corrected chi connectivity index (χ4v) is 5.30. The Hall–Kier alpha value is -3.88. The molecule has 0 saturated heterocycles. The van der Waals surface area contributed by atoms with E-state index >= 15 is 0 Å². The first kappa shape index (κ1) is 28.1. The van der Waals surface area contributed by atoms with E-state index < -0.39 is 41.7 Å². The Balaban J connectivity index is 1.59. The highest BCUT2D eigenvalue weighted by Gasteiger charge is 2.43. The second kappa shape index (κ2) is 11.1. The van der Waals surface area contributed by atoms with Gasteiger partial charge >= 0.3 is 12.1 Å². The number of fused-ring (bicyclic) bond motifs is 2. The molecule has 39 heavy (non-hydrogen) atoms. The van der Waals surface area contributed by atoms with Gasteiger partial charge in [0.05, 0.1) is 12.1 Å². The number of hydrogen-bond donors (Lipinski definition) is 2. The fourth-order valence-electron chi connectivity index (χ4n) is 5.30. The summed E-state index contributed by atoms with van der Waals surface area (Å²) in [7, 11) is 0. The van der Waals surface area contributed by atoms with Crippen molar-refractivity contribution >= 4 is 29.6 Å². The van der Waals surface area contributed by atoms with Gasteiger partial charge < -0.3 is 20.1 Å². The van der Waals surface area contributed by atoms with E-state index in [2.05, 4.69) is 5.32 Å². The average molecular weight is 536 g/mol. The largest absolute Gasteiger partial charge is 0.481 e. The molecule has 2 aromatic rings. The molecule has 3 amide bonds. The van der Waals surface area contributed by atoms with Gasteiger partial charge in [-0.15, -0.1) is 0 Å². The number of carbonyl (C=O) groups is 4. The first-order chi connectivity index (χ1) is 18.4. The molecule has 2 aliphatic rings. The van der Waals surface area contributed by atoms with E-state index in [1.54, 1.807) is 37.8 Å². The molecule has 4 rings (SSSR count). The molecule has 0 fully saturated rings. The lowest BCUT2D eigenvalue weighted by atomic mass is 9.90. The predicted octanol–water partition coefficient (Wildman–Crippen LogP) is 3.92. The number of para-hydroxylation sites is 1. The predicted molar refractivity (Wildman–Crippen MR) is 146 cm³/mol. The standard InChI is InChI=1S/C30H37N3O6/c1-18(2)26(28(37)32-17-21-12-7-6-10-19(21)14-22(32)16-25(34)35)31-27(36)24-15-20-11-8-9-13-23(20)33(24)29(38)39-30(3,4)5/h6-13,18,22,24,26H,14-17H2,1-5H3,(H,31,36)(H,34,35)/t22-,24-,26?/m1/s1. The molecule has 1 unspecified atom stereocenters. The van der Waals surface area contributed by atoms with Gasteiger partial charge in [-0.2, -0.15) is 0 Å². The van der Waals surface area contributed by atoms with E-state index in [-0.39, 0.29) is 24.8 Å². The summed E-state index contributed by atoms with van der Waals surface area (Å²) in [5.41, 5.74) is 2.67. The first-order valence-corrected chi connectivity index (χ1v) is 13.3. The van der Waals surface area contributed by atoms with Gasteiger partial charge in [0, 0.05) is 19.0 Å². The van der Waals surface area contributed by atoms with Gasteiger partial charge in [-0.05, 0) is 55.9 Å². The van der Waals surface area contributed by atoms with Crippen LogP contribution in [0.4, 0.5) is 10.5 Å². The topological polar surface area (TPSA) is 116 Å². The second-order valence-corrected chi connectivity index (χ2v) is 11.6. The van der Waals surface area contributed by atoms with E-state index in [1.807, 2.05) is 50.2 Å². The van der Waals surface area contributed by atoms with E-state index in [1.165, 1.54) is 4.90 Å². The lowest BCUT2D eigenvalue weighted by Crippen LogP contribution is -2.59. The summed E-state index contributed by atoms with van der Waals surface area (Å²) in [6.45, 7) is 9.23. The van der Waals surface area contributed by atoms with Crippen LogP contribution in [0, 0.1) is 5.92 Å². The molecule has 3 atom stereocenters. The number of benzene rings is 2. The molecule has 0 aliphatic carbocycles. The minimum atomic E-state index is -0.987. The lowest BCUT2D eigenvalue weighted by molar-refractivity contribution is -0.144. The number of hydrogen-bond acceptors (Lipinski definition) is 5. The van der Waals surface area contributed by atoms with Gasteiger partial charge in [0.2, 0.25) is 11.8 Å². The smallest absolute Gasteiger partial charge is 0.415 e. The Labute approximate surface area is 229 Å². The van der Waals surface area contributed by atoms with Crippen molar-refractivity contribution in [2.24, 2.45) is 5.92 Å². The maximum absolute atomic E-state index is 13.9. The van der Waals surface area contributed by atoms with Crippen LogP contribution in [0.25, 0.3) is 0 Å². The van der Waals surface area contributed by atoms with Gasteiger partial charge in [-0.25, -0.2) is 4.79 Å². The third kappa shape index (κ3) is 6.24. The number of nitrogens with one attached hydrogen (secondary N) is 1. The maximum atomic E-state index is 13.9. The summed E-state index contributed by atoms with van der Waals surface area (Å²) in [4.78, 5) is 55.4. The van der Waals surface area contributed by atoms with Crippen molar-refractivity contribution in [3.05, 3.63) is 65.2 Å². The Bertz CT molecular complexity index is 1270. The van der Waals surface area contributed by atoms with Gasteiger partial charge in [-0.1, -0.05) is 56.3 Å². The van der Waals surface area contributed by atoms with Crippen molar-refractivity contribution in [1.82, 2.24) is 10.2 Å². The average Bonchev–Trinajstić information content (AvgIpc) is 3.25. The van der Waals surface area contributed by atoms with Crippen molar-refractivity contribution in [2.75, 3.05) is 4.90 Å². The van der Waals surface area contributed by atoms with Gasteiger partial charge in [0.25, 0.3) is 0 Å². The minimum absolute atomic E-state index is 0.191. The van der Waals surface area contributed by atoms with Crippen LogP contribution < -0.4 is 10.2 Å². The van der Waals surface area contributed by atoms with Crippen molar-refractivity contribution in [2.45, 2.75) is 84.2 Å². The minimum Gasteiger partial charge on any atom is -0.481 e. The highest BCUT2D eigenvalue weighted by Crippen LogP contribution is 2.34. The molecule has 9 heteroatoms. The lowest BCUT2D eigenvalue weighted by Gasteiger charge is -2.39. The number of carboxylic acid groups (broad SMARTS) is 1. The van der Waals surface area contributed by atoms with Crippen LogP contribution in [-0.4, -0.2) is 57.6 Å². The summed E-state index contributed by atoms with van der Waals surface area (Å²) in [6.07, 6.45) is -0.103. The SMILES string of the molecule is CC(C)C(NC(=O)[C@H]1Cc2ccccc2N1C(=O)OC(C)(C)C)C(=O)N1Cc2ccccc2C[C@@H]1CC(=O)O. The first-order valence-electron chi connectivity index (χ1n) is 13.3. The summed E-state index contributed by atoms with van der Waals surface area (Å²) in [5.74, 6) is -2.06. The Morgan fingerprint density at radius 2 is 1.59 bits per heavy atom. The van der Waals surface area contributed by atoms with Crippen LogP contribution in [0.2, 0.25) is 0 Å². The number of rotatable bonds is 6. The van der Waals surface area contributed by atoms with Crippen molar-refractivity contribution < 1.29 is 29.0 Å². The van der Waals surface area contributed by atoms with Crippen LogP contribution in [0.5, 0.6) is 0 Å². The van der Waals surface area contributed by atoms with Crippen molar-refractivity contribution in [3.8, 4) is 0 Å². The third-order valence-electron chi connectivity index (χ3n) is 7.15. The molecule has 2 N–H and O–H groups in total. The summed E-state index contributed by atoms with van der Waals surface area (Å²) >= 11 is 0. The third-order valence-corrected chi connectivity index (χ3v) is 7.15. The monoisotopic (exact) mass is 535 g/mol. The van der Waals surface area contributed by atoms with Gasteiger partial charge in [0.15, 0.2) is 0 Å². The highest BCUT2D eigenvalue weighted by atomic mass is 16.6. The summed E-state index contributed by atoms with van der Waals surface area (Å²) < 4.78 is 5.61. The van der Waals surface area contributed by atoms with Crippen molar-refractivity contribution in [3.63, 3.8) is 0 Å². The van der Waals surface area contributed by atoms with Crippen LogP contribution in [0.1, 0.15) is 57.7 Å². The zero-order valence-electron chi connectivity index (χ0n) is 23.1. The second-order valence-electron chi connectivity index (χ2n) is 11.6. The normalized spacial score (nSPS) is 19.2. The molecule has 0 spiro atoms. The zero-order valence-corrected chi connectivity index (χ0v) is 23.1. The molecule has 0 aromatic heterocycles. The molecule has 2 heterocycles. The highest BCUT2D eigenvalue weighted by molar-refractivity contribution is 6.02. The zero-order chi connectivity index (χ0) is 28.5. The molecular formula is C30H37N3O6. The van der Waals surface area contributed by atoms with Gasteiger partial charge in [0.1, 0.15) is 17.7 Å². The number of amides is 3. The number of carboxylic acids is 1. The van der Waals surface area contributed by atoms with E-state index in [9.17, 15) is 24.3 Å². The molecule has 2 aliphatic heterocycles. The number of aliphatic carboxylic acids is 1. The Kier molecular flexibility index (Phi) is 7.99. The quantitative estimate of drug-likeness (QED) is 0.579. The molecular weight excluding hydrogens is 498 g/mol. The maximum Gasteiger partial charge on any atom is 0.415 e. The molecule has 0 radical (unpaired) electrons. The summed E-state index contributed by atoms with van der Waals surface area (Å²) in [6, 6.07) is 12.7.